The maximum Gasteiger partial charge on any atom is 0.255 e. The van der Waals surface area contributed by atoms with E-state index >= 15 is 0 Å². The highest BCUT2D eigenvalue weighted by Crippen LogP contribution is 2.20. The van der Waals surface area contributed by atoms with Gasteiger partial charge in [0.1, 0.15) is 5.75 Å². The zero-order valence-corrected chi connectivity index (χ0v) is 13.8. The summed E-state index contributed by atoms with van der Waals surface area (Å²) in [5.41, 5.74) is 0.475. The summed E-state index contributed by atoms with van der Waals surface area (Å²) in [6, 6.07) is 7.05. The van der Waals surface area contributed by atoms with Crippen LogP contribution in [-0.4, -0.2) is 34.8 Å². The van der Waals surface area contributed by atoms with Crippen LogP contribution in [0, 0.1) is 6.92 Å². The number of carbonyl (C=O) groups is 1. The van der Waals surface area contributed by atoms with E-state index in [1.807, 2.05) is 13.0 Å². The Kier molecular flexibility index (Phi) is 5.10. The summed E-state index contributed by atoms with van der Waals surface area (Å²) in [6.07, 6.45) is 2.08. The Labute approximate surface area is 140 Å². The van der Waals surface area contributed by atoms with E-state index in [0.29, 0.717) is 23.0 Å². The molecule has 1 aliphatic heterocycles. The largest absolute Gasteiger partial charge is 0.485 e. The van der Waals surface area contributed by atoms with E-state index in [1.165, 1.54) is 0 Å². The Hall–Kier alpha value is -2.41. The lowest BCUT2D eigenvalue weighted by molar-refractivity contribution is 0.0710. The topological polar surface area (TPSA) is 86.5 Å². The van der Waals surface area contributed by atoms with Gasteiger partial charge in [-0.2, -0.15) is 4.98 Å². The van der Waals surface area contributed by atoms with E-state index < -0.39 is 0 Å². The van der Waals surface area contributed by atoms with Crippen LogP contribution in [0.1, 0.15) is 41.8 Å². The quantitative estimate of drug-likeness (QED) is 0.874. The van der Waals surface area contributed by atoms with Gasteiger partial charge in [0.05, 0.1) is 17.7 Å². The first-order valence-electron chi connectivity index (χ1n) is 8.07. The van der Waals surface area contributed by atoms with Gasteiger partial charge in [0.2, 0.25) is 11.7 Å². The first kappa shape index (κ1) is 16.4. The second-order valence-electron chi connectivity index (χ2n) is 5.83. The maximum absolute atomic E-state index is 12.6. The van der Waals surface area contributed by atoms with Crippen LogP contribution in [0.2, 0.25) is 0 Å². The van der Waals surface area contributed by atoms with E-state index in [2.05, 4.69) is 15.5 Å². The molecule has 0 spiro atoms. The molecule has 1 amide bonds. The minimum atomic E-state index is -0.183. The van der Waals surface area contributed by atoms with Gasteiger partial charge in [-0.05, 0) is 31.9 Å². The molecule has 1 saturated heterocycles. The molecule has 1 aromatic heterocycles. The summed E-state index contributed by atoms with van der Waals surface area (Å²) >= 11 is 0. The summed E-state index contributed by atoms with van der Waals surface area (Å²) in [5, 5.41) is 6.76. The lowest BCUT2D eigenvalue weighted by Crippen LogP contribution is -2.40. The standard InChI is InChI=1S/C17H21N3O4/c1-11(14-8-5-9-22-14)18-17(21)13-6-3-4-7-15(13)23-10-16-19-12(2)24-20-16/h3-4,6-7,11,14H,5,8-10H2,1-2H3,(H,18,21)/t11-,14-/m1/s1. The van der Waals surface area contributed by atoms with Crippen molar-refractivity contribution in [2.24, 2.45) is 0 Å². The number of para-hydroxylation sites is 1. The van der Waals surface area contributed by atoms with Crippen molar-refractivity contribution >= 4 is 5.91 Å². The normalized spacial score (nSPS) is 18.3. The van der Waals surface area contributed by atoms with Crippen molar-refractivity contribution in [3.63, 3.8) is 0 Å². The molecule has 2 heterocycles. The second kappa shape index (κ2) is 7.44. The SMILES string of the molecule is Cc1nc(COc2ccccc2C(=O)N[C@H](C)[C@H]2CCCO2)no1. The van der Waals surface area contributed by atoms with Crippen LogP contribution in [0.4, 0.5) is 0 Å². The van der Waals surface area contributed by atoms with Gasteiger partial charge in [0.25, 0.3) is 5.91 Å². The Morgan fingerprint density at radius 2 is 2.29 bits per heavy atom. The third-order valence-corrected chi connectivity index (χ3v) is 3.94. The van der Waals surface area contributed by atoms with Gasteiger partial charge in [0.15, 0.2) is 6.61 Å². The summed E-state index contributed by atoms with van der Waals surface area (Å²) in [7, 11) is 0. The average Bonchev–Trinajstić information content (AvgIpc) is 3.24. The lowest BCUT2D eigenvalue weighted by Gasteiger charge is -2.20. The number of hydrogen-bond acceptors (Lipinski definition) is 6. The molecular formula is C17H21N3O4. The molecular weight excluding hydrogens is 310 g/mol. The molecule has 7 heteroatoms. The van der Waals surface area contributed by atoms with Crippen LogP contribution in [0.15, 0.2) is 28.8 Å². The number of rotatable bonds is 6. The van der Waals surface area contributed by atoms with Crippen molar-refractivity contribution in [2.75, 3.05) is 6.61 Å². The number of ether oxygens (including phenoxy) is 2. The Balaban J connectivity index is 1.65. The third kappa shape index (κ3) is 3.91. The number of amides is 1. The average molecular weight is 331 g/mol. The van der Waals surface area contributed by atoms with E-state index in [-0.39, 0.29) is 24.7 Å². The molecule has 0 radical (unpaired) electrons. The van der Waals surface area contributed by atoms with Crippen LogP contribution in [0.25, 0.3) is 0 Å². The molecule has 2 atom stereocenters. The van der Waals surface area contributed by atoms with E-state index in [0.717, 1.165) is 19.4 Å². The zero-order chi connectivity index (χ0) is 16.9. The van der Waals surface area contributed by atoms with E-state index in [1.54, 1.807) is 25.1 Å². The molecule has 128 valence electrons. The summed E-state index contributed by atoms with van der Waals surface area (Å²) < 4.78 is 16.2. The number of aryl methyl sites for hydroxylation is 1. The molecule has 0 saturated carbocycles. The molecule has 0 aliphatic carbocycles. The molecule has 1 N–H and O–H groups in total. The second-order valence-corrected chi connectivity index (χ2v) is 5.83. The number of hydrogen-bond donors (Lipinski definition) is 1. The zero-order valence-electron chi connectivity index (χ0n) is 13.8. The van der Waals surface area contributed by atoms with Crippen LogP contribution in [0.3, 0.4) is 0 Å². The third-order valence-electron chi connectivity index (χ3n) is 3.94. The predicted octanol–water partition coefficient (Wildman–Crippen LogP) is 2.25. The van der Waals surface area contributed by atoms with Crippen LogP contribution in [-0.2, 0) is 11.3 Å². The minimum absolute atomic E-state index is 0.0482. The van der Waals surface area contributed by atoms with Crippen LogP contribution >= 0.6 is 0 Å². The van der Waals surface area contributed by atoms with Gasteiger partial charge >= 0.3 is 0 Å². The summed E-state index contributed by atoms with van der Waals surface area (Å²) in [4.78, 5) is 16.6. The van der Waals surface area contributed by atoms with Crippen molar-refractivity contribution in [1.82, 2.24) is 15.5 Å². The predicted molar refractivity (Wildman–Crippen MR) is 85.7 cm³/mol. The smallest absolute Gasteiger partial charge is 0.255 e. The molecule has 2 aromatic rings. The van der Waals surface area contributed by atoms with Gasteiger partial charge in [-0.3, -0.25) is 4.79 Å². The van der Waals surface area contributed by atoms with Gasteiger partial charge in [-0.25, -0.2) is 0 Å². The van der Waals surface area contributed by atoms with E-state index in [9.17, 15) is 4.79 Å². The Bertz CT molecular complexity index is 695. The molecule has 24 heavy (non-hydrogen) atoms. The van der Waals surface area contributed by atoms with Gasteiger partial charge in [-0.1, -0.05) is 17.3 Å². The summed E-state index contributed by atoms with van der Waals surface area (Å²) in [6.45, 7) is 4.57. The van der Waals surface area contributed by atoms with E-state index in [4.69, 9.17) is 14.0 Å². The molecule has 1 fully saturated rings. The monoisotopic (exact) mass is 331 g/mol. The molecule has 0 unspecified atom stereocenters. The fourth-order valence-electron chi connectivity index (χ4n) is 2.70. The van der Waals surface area contributed by atoms with Gasteiger partial charge in [-0.15, -0.1) is 0 Å². The lowest BCUT2D eigenvalue weighted by atomic mass is 10.1. The fraction of sp³-hybridized carbons (Fsp3) is 0.471. The summed E-state index contributed by atoms with van der Waals surface area (Å²) in [5.74, 6) is 1.22. The number of carbonyl (C=O) groups excluding carboxylic acids is 1. The van der Waals surface area contributed by atoms with Crippen molar-refractivity contribution in [2.45, 2.75) is 45.4 Å². The first-order chi connectivity index (χ1) is 11.6. The van der Waals surface area contributed by atoms with Gasteiger partial charge < -0.3 is 19.3 Å². The Morgan fingerprint density at radius 3 is 3.00 bits per heavy atom. The Morgan fingerprint density at radius 1 is 1.46 bits per heavy atom. The molecule has 0 bridgehead atoms. The van der Waals surface area contributed by atoms with Gasteiger partial charge in [0, 0.05) is 13.5 Å². The first-order valence-corrected chi connectivity index (χ1v) is 8.07. The maximum atomic E-state index is 12.6. The number of benzene rings is 1. The van der Waals surface area contributed by atoms with Crippen molar-refractivity contribution in [3.05, 3.63) is 41.5 Å². The molecule has 3 rings (SSSR count). The van der Waals surface area contributed by atoms with Crippen LogP contribution < -0.4 is 10.1 Å². The molecule has 1 aromatic carbocycles. The minimum Gasteiger partial charge on any atom is -0.485 e. The highest BCUT2D eigenvalue weighted by molar-refractivity contribution is 5.97. The number of nitrogens with one attached hydrogen (secondary N) is 1. The highest BCUT2D eigenvalue weighted by atomic mass is 16.5. The number of nitrogens with zero attached hydrogens (tertiary/aromatic N) is 2. The molecule has 7 nitrogen and oxygen atoms in total. The van der Waals surface area contributed by atoms with Crippen molar-refractivity contribution in [1.29, 1.82) is 0 Å². The van der Waals surface area contributed by atoms with Crippen molar-refractivity contribution < 1.29 is 18.8 Å². The highest BCUT2D eigenvalue weighted by Gasteiger charge is 2.25. The van der Waals surface area contributed by atoms with Crippen LogP contribution in [0.5, 0.6) is 5.75 Å². The molecule has 1 aliphatic rings. The number of aromatic nitrogens is 2. The fourth-order valence-corrected chi connectivity index (χ4v) is 2.70. The van der Waals surface area contributed by atoms with Crippen molar-refractivity contribution in [3.8, 4) is 5.75 Å².